The van der Waals surface area contributed by atoms with Crippen LogP contribution < -0.4 is 0 Å². The zero-order valence-electron chi connectivity index (χ0n) is 13.3. The van der Waals surface area contributed by atoms with Crippen molar-refractivity contribution in [3.05, 3.63) is 0 Å². The quantitative estimate of drug-likeness (QED) is 0.664. The number of ether oxygens (including phenoxy) is 1. The minimum absolute atomic E-state index is 0.119. The van der Waals surface area contributed by atoms with Gasteiger partial charge in [0.05, 0.1) is 7.18 Å². The van der Waals surface area contributed by atoms with Crippen LogP contribution in [0.3, 0.4) is 0 Å². The Bertz CT molecular complexity index is 213. The molecule has 3 nitrogen and oxygen atoms in total. The fourth-order valence-electron chi connectivity index (χ4n) is 3.11. The van der Waals surface area contributed by atoms with Gasteiger partial charge in [0.15, 0.2) is 0 Å². The van der Waals surface area contributed by atoms with Crippen LogP contribution in [0.25, 0.3) is 0 Å². The number of halogens is 1. The third kappa shape index (κ3) is 4.25. The SMILES string of the molecule is CCOC1(CC)CCCC[Si]1(OCC)OCC.CF. The van der Waals surface area contributed by atoms with Crippen molar-refractivity contribution in [2.24, 2.45) is 0 Å². The normalized spacial score (nSPS) is 25.6. The van der Waals surface area contributed by atoms with Crippen molar-refractivity contribution in [1.29, 1.82) is 0 Å². The molecule has 5 heteroatoms. The zero-order chi connectivity index (χ0) is 14.8. The smallest absolute Gasteiger partial charge is 0.371 e. The van der Waals surface area contributed by atoms with Crippen LogP contribution in [0.2, 0.25) is 6.04 Å². The third-order valence-electron chi connectivity index (χ3n) is 3.78. The standard InChI is InChI=1S/C13H28O3Si.CH3F/c1-5-13(14-6-2)11-9-10-12-17(13,15-7-3)16-8-4;1-2/h5-12H2,1-4H3;1H3. The topological polar surface area (TPSA) is 27.7 Å². The maximum atomic E-state index is 9.50. The molecule has 0 aromatic heterocycles. The van der Waals surface area contributed by atoms with E-state index in [2.05, 4.69) is 27.7 Å². The van der Waals surface area contributed by atoms with Gasteiger partial charge in [-0.25, -0.2) is 0 Å². The molecule has 0 radical (unpaired) electrons. The van der Waals surface area contributed by atoms with E-state index in [-0.39, 0.29) is 5.22 Å². The molecule has 1 fully saturated rings. The summed E-state index contributed by atoms with van der Waals surface area (Å²) < 4.78 is 28.0. The lowest BCUT2D eigenvalue weighted by Crippen LogP contribution is -2.65. The van der Waals surface area contributed by atoms with E-state index < -0.39 is 8.56 Å². The predicted octanol–water partition coefficient (Wildman–Crippen LogP) is 4.00. The van der Waals surface area contributed by atoms with Gasteiger partial charge in [0, 0.05) is 19.8 Å². The van der Waals surface area contributed by atoms with Crippen molar-refractivity contribution in [3.8, 4) is 0 Å². The highest BCUT2D eigenvalue weighted by Crippen LogP contribution is 2.42. The molecule has 0 spiro atoms. The van der Waals surface area contributed by atoms with Crippen molar-refractivity contribution in [2.75, 3.05) is 27.0 Å². The molecule has 0 amide bonds. The summed E-state index contributed by atoms with van der Waals surface area (Å²) in [7, 11) is -1.71. The molecule has 1 heterocycles. The fraction of sp³-hybridized carbons (Fsp3) is 1.00. The van der Waals surface area contributed by atoms with E-state index in [1.807, 2.05) is 0 Å². The molecular formula is C14H31FO3Si. The van der Waals surface area contributed by atoms with E-state index in [1.165, 1.54) is 12.8 Å². The molecule has 1 unspecified atom stereocenters. The summed E-state index contributed by atoms with van der Waals surface area (Å²) in [5.41, 5.74) is 0. The molecule has 0 aromatic carbocycles. The molecule has 0 saturated carbocycles. The molecule has 1 aliphatic rings. The first-order valence-electron chi connectivity index (χ1n) is 7.50. The van der Waals surface area contributed by atoms with Gasteiger partial charge in [-0.2, -0.15) is 0 Å². The molecule has 1 rings (SSSR count). The van der Waals surface area contributed by atoms with E-state index >= 15 is 0 Å². The Hall–Kier alpha value is 0.0269. The highest BCUT2D eigenvalue weighted by Gasteiger charge is 2.58. The second-order valence-corrected chi connectivity index (χ2v) is 8.10. The van der Waals surface area contributed by atoms with Crippen LogP contribution in [-0.4, -0.2) is 40.8 Å². The van der Waals surface area contributed by atoms with Crippen LogP contribution in [0.15, 0.2) is 0 Å². The largest absolute Gasteiger partial charge is 0.393 e. The van der Waals surface area contributed by atoms with Crippen LogP contribution >= 0.6 is 0 Å². The number of alkyl halides is 1. The predicted molar refractivity (Wildman–Crippen MR) is 79.3 cm³/mol. The second kappa shape index (κ2) is 9.86. The van der Waals surface area contributed by atoms with E-state index in [0.717, 1.165) is 38.7 Å². The summed E-state index contributed by atoms with van der Waals surface area (Å²) >= 11 is 0. The molecule has 0 N–H and O–H groups in total. The van der Waals surface area contributed by atoms with Gasteiger partial charge >= 0.3 is 8.56 Å². The molecular weight excluding hydrogens is 263 g/mol. The number of hydrogen-bond donors (Lipinski definition) is 0. The van der Waals surface area contributed by atoms with Crippen molar-refractivity contribution in [3.63, 3.8) is 0 Å². The lowest BCUT2D eigenvalue weighted by molar-refractivity contribution is -0.0426. The number of hydrogen-bond acceptors (Lipinski definition) is 3. The molecule has 0 aliphatic carbocycles. The highest BCUT2D eigenvalue weighted by atomic mass is 28.4. The molecule has 0 bridgehead atoms. The first kappa shape index (κ1) is 19.0. The van der Waals surface area contributed by atoms with Crippen molar-refractivity contribution in [1.82, 2.24) is 0 Å². The van der Waals surface area contributed by atoms with E-state index in [1.54, 1.807) is 0 Å². The summed E-state index contributed by atoms with van der Waals surface area (Å²) in [6, 6.07) is 1.09. The molecule has 0 aromatic rings. The second-order valence-electron chi connectivity index (χ2n) is 4.61. The van der Waals surface area contributed by atoms with Gasteiger partial charge in [0.25, 0.3) is 0 Å². The first-order chi connectivity index (χ1) is 9.20. The first-order valence-corrected chi connectivity index (χ1v) is 9.52. The Kier molecular flexibility index (Phi) is 9.87. The van der Waals surface area contributed by atoms with Crippen LogP contribution in [0.5, 0.6) is 0 Å². The van der Waals surface area contributed by atoms with E-state index in [9.17, 15) is 4.39 Å². The summed E-state index contributed by atoms with van der Waals surface area (Å²) in [5, 5.41) is -0.119. The summed E-state index contributed by atoms with van der Waals surface area (Å²) in [6.07, 6.45) is 4.57. The summed E-state index contributed by atoms with van der Waals surface area (Å²) in [5.74, 6) is 0. The van der Waals surface area contributed by atoms with Crippen molar-refractivity contribution < 1.29 is 18.0 Å². The lowest BCUT2D eigenvalue weighted by Gasteiger charge is -2.49. The maximum absolute atomic E-state index is 9.50. The minimum atomic E-state index is -2.21. The van der Waals surface area contributed by atoms with Crippen LogP contribution in [-0.2, 0) is 13.6 Å². The summed E-state index contributed by atoms with van der Waals surface area (Å²) in [4.78, 5) is 0. The maximum Gasteiger partial charge on any atom is 0.371 e. The molecule has 19 heavy (non-hydrogen) atoms. The Morgan fingerprint density at radius 2 is 1.53 bits per heavy atom. The molecule has 1 aliphatic heterocycles. The van der Waals surface area contributed by atoms with Crippen molar-refractivity contribution in [2.45, 2.75) is 64.6 Å². The van der Waals surface area contributed by atoms with Crippen molar-refractivity contribution >= 4 is 8.56 Å². The van der Waals surface area contributed by atoms with E-state index in [4.69, 9.17) is 13.6 Å². The van der Waals surface area contributed by atoms with Crippen LogP contribution in [0.1, 0.15) is 53.4 Å². The monoisotopic (exact) mass is 294 g/mol. The Morgan fingerprint density at radius 1 is 0.947 bits per heavy atom. The average molecular weight is 294 g/mol. The molecule has 116 valence electrons. The molecule has 1 saturated heterocycles. The van der Waals surface area contributed by atoms with Gasteiger partial charge in [0.1, 0.15) is 5.22 Å². The van der Waals surface area contributed by atoms with Gasteiger partial charge in [-0.3, -0.25) is 4.39 Å². The van der Waals surface area contributed by atoms with Gasteiger partial charge in [0.2, 0.25) is 0 Å². The van der Waals surface area contributed by atoms with Gasteiger partial charge in [-0.05, 0) is 39.7 Å². The van der Waals surface area contributed by atoms with Gasteiger partial charge in [-0.15, -0.1) is 0 Å². The minimum Gasteiger partial charge on any atom is -0.393 e. The Balaban J connectivity index is 0.00000154. The van der Waals surface area contributed by atoms with Gasteiger partial charge < -0.3 is 13.6 Å². The summed E-state index contributed by atoms with van der Waals surface area (Å²) in [6.45, 7) is 10.6. The van der Waals surface area contributed by atoms with E-state index in [0.29, 0.717) is 7.18 Å². The Morgan fingerprint density at radius 3 is 1.95 bits per heavy atom. The highest BCUT2D eigenvalue weighted by molar-refractivity contribution is 6.70. The lowest BCUT2D eigenvalue weighted by atomic mass is 10.1. The van der Waals surface area contributed by atoms with Crippen LogP contribution in [0, 0.1) is 0 Å². The fourth-order valence-corrected chi connectivity index (χ4v) is 7.57. The van der Waals surface area contributed by atoms with Gasteiger partial charge in [-0.1, -0.05) is 19.8 Å². The number of rotatable bonds is 7. The third-order valence-corrected chi connectivity index (χ3v) is 8.44. The zero-order valence-corrected chi connectivity index (χ0v) is 14.3. The Labute approximate surface area is 119 Å². The molecule has 1 atom stereocenters. The van der Waals surface area contributed by atoms with Crippen LogP contribution in [0.4, 0.5) is 4.39 Å². The average Bonchev–Trinajstić information content (AvgIpc) is 2.44.